The number of rotatable bonds is 3. The molecule has 18 heavy (non-hydrogen) atoms. The molecule has 102 valence electrons. The lowest BCUT2D eigenvalue weighted by atomic mass is 9.92. The zero-order valence-corrected chi connectivity index (χ0v) is 11.6. The fourth-order valence-corrected chi connectivity index (χ4v) is 3.51. The van der Waals surface area contributed by atoms with Crippen LogP contribution < -0.4 is 0 Å². The van der Waals surface area contributed by atoms with Crippen LogP contribution in [0.2, 0.25) is 0 Å². The van der Waals surface area contributed by atoms with E-state index in [1.807, 2.05) is 0 Å². The summed E-state index contributed by atoms with van der Waals surface area (Å²) < 4.78 is 5.78. The van der Waals surface area contributed by atoms with Crippen molar-refractivity contribution in [1.29, 1.82) is 5.26 Å². The van der Waals surface area contributed by atoms with Gasteiger partial charge in [0.2, 0.25) is 0 Å². The Bertz CT molecular complexity index is 285. The van der Waals surface area contributed by atoms with Crippen LogP contribution in [0, 0.1) is 17.2 Å². The van der Waals surface area contributed by atoms with Gasteiger partial charge < -0.3 is 4.74 Å². The van der Waals surface area contributed by atoms with Crippen molar-refractivity contribution in [3.63, 3.8) is 0 Å². The highest BCUT2D eigenvalue weighted by atomic mass is 16.5. The monoisotopic (exact) mass is 250 g/mol. The molecule has 0 amide bonds. The molecule has 0 radical (unpaired) electrons. The lowest BCUT2D eigenvalue weighted by Gasteiger charge is -2.39. The van der Waals surface area contributed by atoms with Crippen molar-refractivity contribution in [2.75, 3.05) is 19.7 Å². The molecule has 0 aromatic heterocycles. The third-order valence-electron chi connectivity index (χ3n) is 4.43. The van der Waals surface area contributed by atoms with E-state index in [-0.39, 0.29) is 5.92 Å². The summed E-state index contributed by atoms with van der Waals surface area (Å²) in [6.45, 7) is 5.08. The standard InChI is InChI=1S/C15H26N2O/c1-2-18-14-8-6-10-17(12-14)15-9-5-3-4-7-13(15)11-16/h13-15H,2-10,12H2,1H3. The zero-order chi connectivity index (χ0) is 12.8. The smallest absolute Gasteiger partial charge is 0.0702 e. The Morgan fingerprint density at radius 2 is 2.00 bits per heavy atom. The maximum atomic E-state index is 9.38. The van der Waals surface area contributed by atoms with Gasteiger partial charge >= 0.3 is 0 Å². The van der Waals surface area contributed by atoms with Crippen LogP contribution in [0.1, 0.15) is 51.9 Å². The molecule has 3 heteroatoms. The number of nitrogens with zero attached hydrogens (tertiary/aromatic N) is 2. The Morgan fingerprint density at radius 1 is 1.17 bits per heavy atom. The molecular formula is C15H26N2O. The van der Waals surface area contributed by atoms with E-state index in [9.17, 15) is 5.26 Å². The Labute approximate surface area is 111 Å². The molecular weight excluding hydrogens is 224 g/mol. The van der Waals surface area contributed by atoms with Gasteiger partial charge in [-0.2, -0.15) is 5.26 Å². The van der Waals surface area contributed by atoms with Crippen molar-refractivity contribution in [2.24, 2.45) is 5.92 Å². The van der Waals surface area contributed by atoms with Gasteiger partial charge in [-0.05, 0) is 39.2 Å². The van der Waals surface area contributed by atoms with Gasteiger partial charge in [0.05, 0.1) is 18.1 Å². The largest absolute Gasteiger partial charge is 0.377 e. The Balaban J connectivity index is 1.97. The molecule has 2 rings (SSSR count). The molecule has 3 unspecified atom stereocenters. The summed E-state index contributed by atoms with van der Waals surface area (Å²) in [5.41, 5.74) is 0. The summed E-state index contributed by atoms with van der Waals surface area (Å²) in [6, 6.07) is 3.04. The first-order valence-corrected chi connectivity index (χ1v) is 7.60. The predicted octanol–water partition coefficient (Wildman–Crippen LogP) is 2.96. The van der Waals surface area contributed by atoms with Crippen molar-refractivity contribution < 1.29 is 4.74 Å². The summed E-state index contributed by atoms with van der Waals surface area (Å²) >= 11 is 0. The minimum Gasteiger partial charge on any atom is -0.377 e. The Morgan fingerprint density at radius 3 is 2.78 bits per heavy atom. The average molecular weight is 250 g/mol. The van der Waals surface area contributed by atoms with Crippen molar-refractivity contribution >= 4 is 0 Å². The molecule has 0 aromatic carbocycles. The first-order valence-electron chi connectivity index (χ1n) is 7.60. The first kappa shape index (κ1) is 13.8. The lowest BCUT2D eigenvalue weighted by Crippen LogP contribution is -2.48. The van der Waals surface area contributed by atoms with Crippen molar-refractivity contribution in [3.05, 3.63) is 0 Å². The number of nitriles is 1. The quantitative estimate of drug-likeness (QED) is 0.723. The van der Waals surface area contributed by atoms with Gasteiger partial charge in [0.25, 0.3) is 0 Å². The van der Waals surface area contributed by atoms with Crippen LogP contribution >= 0.6 is 0 Å². The van der Waals surface area contributed by atoms with E-state index in [2.05, 4.69) is 17.9 Å². The highest BCUT2D eigenvalue weighted by molar-refractivity contribution is 4.96. The van der Waals surface area contributed by atoms with E-state index in [1.165, 1.54) is 38.5 Å². The molecule has 1 saturated carbocycles. The third kappa shape index (κ3) is 3.46. The number of ether oxygens (including phenoxy) is 1. The molecule has 1 aliphatic carbocycles. The Kier molecular flexibility index (Phi) is 5.46. The van der Waals surface area contributed by atoms with Crippen LogP contribution in [0.25, 0.3) is 0 Å². The van der Waals surface area contributed by atoms with Crippen LogP contribution in [0.5, 0.6) is 0 Å². The minimum absolute atomic E-state index is 0.243. The maximum Gasteiger partial charge on any atom is 0.0702 e. The van der Waals surface area contributed by atoms with Crippen LogP contribution in [0.15, 0.2) is 0 Å². The van der Waals surface area contributed by atoms with Gasteiger partial charge in [0.15, 0.2) is 0 Å². The fourth-order valence-electron chi connectivity index (χ4n) is 3.51. The molecule has 3 nitrogen and oxygen atoms in total. The molecule has 1 heterocycles. The SMILES string of the molecule is CCOC1CCCN(C2CCCCCC2C#N)C1. The van der Waals surface area contributed by atoms with E-state index < -0.39 is 0 Å². The Hall–Kier alpha value is -0.590. The summed E-state index contributed by atoms with van der Waals surface area (Å²) in [4.78, 5) is 2.54. The number of piperidine rings is 1. The molecule has 3 atom stereocenters. The van der Waals surface area contributed by atoms with Gasteiger partial charge in [-0.1, -0.05) is 19.3 Å². The molecule has 1 aliphatic heterocycles. The van der Waals surface area contributed by atoms with Crippen LogP contribution in [-0.2, 0) is 4.74 Å². The normalized spacial score (nSPS) is 34.8. The van der Waals surface area contributed by atoms with Crippen LogP contribution in [-0.4, -0.2) is 36.7 Å². The molecule has 2 aliphatic rings. The maximum absolute atomic E-state index is 9.38. The fraction of sp³-hybridized carbons (Fsp3) is 0.933. The summed E-state index contributed by atoms with van der Waals surface area (Å²) in [7, 11) is 0. The molecule has 2 fully saturated rings. The van der Waals surface area contributed by atoms with Crippen molar-refractivity contribution in [1.82, 2.24) is 4.90 Å². The highest BCUT2D eigenvalue weighted by Crippen LogP contribution is 2.29. The van der Waals surface area contributed by atoms with Crippen molar-refractivity contribution in [2.45, 2.75) is 64.0 Å². The van der Waals surface area contributed by atoms with E-state index >= 15 is 0 Å². The molecule has 0 N–H and O–H groups in total. The molecule has 1 saturated heterocycles. The second-order valence-corrected chi connectivity index (χ2v) is 5.66. The molecule has 0 bridgehead atoms. The first-order chi connectivity index (χ1) is 8.85. The molecule has 0 aromatic rings. The topological polar surface area (TPSA) is 36.3 Å². The summed E-state index contributed by atoms with van der Waals surface area (Å²) in [5.74, 6) is 0.243. The summed E-state index contributed by atoms with van der Waals surface area (Å²) in [6.07, 6.45) is 8.93. The van der Waals surface area contributed by atoms with E-state index in [1.54, 1.807) is 0 Å². The van der Waals surface area contributed by atoms with Gasteiger partial charge in [-0.3, -0.25) is 4.90 Å². The predicted molar refractivity (Wildman–Crippen MR) is 72.2 cm³/mol. The van der Waals surface area contributed by atoms with E-state index in [0.29, 0.717) is 12.1 Å². The minimum atomic E-state index is 0.243. The van der Waals surface area contributed by atoms with Crippen molar-refractivity contribution in [3.8, 4) is 6.07 Å². The highest BCUT2D eigenvalue weighted by Gasteiger charge is 2.32. The van der Waals surface area contributed by atoms with Gasteiger partial charge in [-0.25, -0.2) is 0 Å². The molecule has 0 spiro atoms. The summed E-state index contributed by atoms with van der Waals surface area (Å²) in [5, 5.41) is 9.38. The second-order valence-electron chi connectivity index (χ2n) is 5.66. The number of hydrogen-bond acceptors (Lipinski definition) is 3. The number of likely N-dealkylation sites (tertiary alicyclic amines) is 1. The van der Waals surface area contributed by atoms with Gasteiger partial charge in [0, 0.05) is 19.2 Å². The second kappa shape index (κ2) is 7.11. The van der Waals surface area contributed by atoms with E-state index in [4.69, 9.17) is 4.74 Å². The lowest BCUT2D eigenvalue weighted by molar-refractivity contribution is -0.0138. The van der Waals surface area contributed by atoms with Gasteiger partial charge in [0.1, 0.15) is 0 Å². The average Bonchev–Trinajstić information content (AvgIpc) is 2.64. The van der Waals surface area contributed by atoms with Crippen LogP contribution in [0.4, 0.5) is 0 Å². The van der Waals surface area contributed by atoms with Gasteiger partial charge in [-0.15, -0.1) is 0 Å². The third-order valence-corrected chi connectivity index (χ3v) is 4.43. The number of hydrogen-bond donors (Lipinski definition) is 0. The van der Waals surface area contributed by atoms with Crippen LogP contribution in [0.3, 0.4) is 0 Å². The zero-order valence-electron chi connectivity index (χ0n) is 11.6. The van der Waals surface area contributed by atoms with E-state index in [0.717, 1.165) is 26.1 Å².